The normalized spacial score (nSPS) is 11.1. The van der Waals surface area contributed by atoms with E-state index >= 15 is 0 Å². The number of aromatic nitrogens is 6. The summed E-state index contributed by atoms with van der Waals surface area (Å²) in [6, 6.07) is 2.16. The third kappa shape index (κ3) is 1.58. The van der Waals surface area contributed by atoms with Gasteiger partial charge >= 0.3 is 5.69 Å². The highest BCUT2D eigenvalue weighted by molar-refractivity contribution is 5.76. The van der Waals surface area contributed by atoms with Gasteiger partial charge in [0.15, 0.2) is 5.82 Å². The molecule has 0 aliphatic rings. The Morgan fingerprint density at radius 1 is 1.30 bits per heavy atom. The minimum Gasteiger partial charge on any atom is -0.410 e. The van der Waals surface area contributed by atoms with Gasteiger partial charge in [-0.05, 0) is 11.3 Å². The van der Waals surface area contributed by atoms with Crippen molar-refractivity contribution in [3.05, 3.63) is 45.0 Å². The van der Waals surface area contributed by atoms with Crippen LogP contribution in [0.25, 0.3) is 16.7 Å². The van der Waals surface area contributed by atoms with Crippen LogP contribution in [0.3, 0.4) is 0 Å². The number of hydrogen-bond donors (Lipinski definition) is 1. The van der Waals surface area contributed by atoms with Crippen LogP contribution in [0.5, 0.6) is 0 Å². The van der Waals surface area contributed by atoms with E-state index in [1.165, 1.54) is 7.05 Å². The number of benzene rings is 1. The second-order valence-corrected chi connectivity index (χ2v) is 4.01. The van der Waals surface area contributed by atoms with Crippen molar-refractivity contribution in [3.63, 3.8) is 0 Å². The highest BCUT2D eigenvalue weighted by Crippen LogP contribution is 2.18. The molecule has 3 rings (SSSR count). The molecule has 0 aliphatic heterocycles. The van der Waals surface area contributed by atoms with Crippen molar-refractivity contribution < 1.29 is 9.60 Å². The predicted octanol–water partition coefficient (Wildman–Crippen LogP) is -0.948. The Kier molecular flexibility index (Phi) is 2.39. The zero-order chi connectivity index (χ0) is 14.4. The minimum atomic E-state index is -0.812. The van der Waals surface area contributed by atoms with Gasteiger partial charge in [-0.3, -0.25) is 9.36 Å². The summed E-state index contributed by atoms with van der Waals surface area (Å²) in [6.07, 6.45) is 0.888. The number of hydrogen-bond acceptors (Lipinski definition) is 6. The summed E-state index contributed by atoms with van der Waals surface area (Å²) < 4.78 is 15.5. The first-order valence-corrected chi connectivity index (χ1v) is 5.39. The Hall–Kier alpha value is -3.04. The molecule has 1 aromatic carbocycles. The van der Waals surface area contributed by atoms with Crippen molar-refractivity contribution in [3.8, 4) is 5.69 Å². The van der Waals surface area contributed by atoms with Crippen LogP contribution >= 0.6 is 0 Å². The molecular formula is C10H7FN6O3. The summed E-state index contributed by atoms with van der Waals surface area (Å²) in [5.74, 6) is -0.786. The standard InChI is InChI=1S/C10H7FN6O3/c1-15-9(18)4-12-16(10(15)19)7-3-8-6(2-5(7)11)13-14-17(8)20/h2-4,20H,1H3. The van der Waals surface area contributed by atoms with Gasteiger partial charge in [-0.15, -0.1) is 5.10 Å². The van der Waals surface area contributed by atoms with E-state index in [4.69, 9.17) is 0 Å². The van der Waals surface area contributed by atoms with Gasteiger partial charge in [0.25, 0.3) is 5.56 Å². The largest absolute Gasteiger partial charge is 0.410 e. The summed E-state index contributed by atoms with van der Waals surface area (Å²) in [7, 11) is 1.25. The summed E-state index contributed by atoms with van der Waals surface area (Å²) in [5, 5.41) is 19.8. The lowest BCUT2D eigenvalue weighted by Gasteiger charge is -2.06. The molecule has 2 heterocycles. The van der Waals surface area contributed by atoms with Gasteiger partial charge in [0.1, 0.15) is 22.9 Å². The second-order valence-electron chi connectivity index (χ2n) is 4.01. The maximum Gasteiger partial charge on any atom is 0.352 e. The molecule has 0 amide bonds. The van der Waals surface area contributed by atoms with Gasteiger partial charge in [0.05, 0.1) is 0 Å². The molecule has 9 nitrogen and oxygen atoms in total. The molecule has 0 bridgehead atoms. The average molecular weight is 278 g/mol. The van der Waals surface area contributed by atoms with E-state index in [1.807, 2.05) is 0 Å². The first kappa shape index (κ1) is 12.0. The average Bonchev–Trinajstić information content (AvgIpc) is 2.77. The summed E-state index contributed by atoms with van der Waals surface area (Å²) in [4.78, 5) is 23.6. The molecule has 0 spiro atoms. The molecule has 1 N–H and O–H groups in total. The fourth-order valence-electron chi connectivity index (χ4n) is 1.73. The van der Waals surface area contributed by atoms with Crippen LogP contribution in [0.1, 0.15) is 0 Å². The van der Waals surface area contributed by atoms with Crippen molar-refractivity contribution in [2.45, 2.75) is 0 Å². The Balaban J connectivity index is 2.37. The van der Waals surface area contributed by atoms with Crippen molar-refractivity contribution in [1.82, 2.24) is 29.5 Å². The minimum absolute atomic E-state index is 0.101. The third-order valence-corrected chi connectivity index (χ3v) is 2.81. The lowest BCUT2D eigenvalue weighted by molar-refractivity contribution is 0.154. The Morgan fingerprint density at radius 3 is 2.80 bits per heavy atom. The fraction of sp³-hybridized carbons (Fsp3) is 0.100. The number of rotatable bonds is 1. The molecule has 2 aromatic heterocycles. The lowest BCUT2D eigenvalue weighted by Crippen LogP contribution is -2.38. The van der Waals surface area contributed by atoms with Gasteiger partial charge in [-0.2, -0.15) is 9.78 Å². The molecule has 0 saturated carbocycles. The first-order valence-electron chi connectivity index (χ1n) is 5.39. The third-order valence-electron chi connectivity index (χ3n) is 2.81. The highest BCUT2D eigenvalue weighted by atomic mass is 19.1. The van der Waals surface area contributed by atoms with Crippen LogP contribution in [0.2, 0.25) is 0 Å². The van der Waals surface area contributed by atoms with Crippen LogP contribution in [-0.4, -0.2) is 34.7 Å². The number of nitrogens with zero attached hydrogens (tertiary/aromatic N) is 6. The highest BCUT2D eigenvalue weighted by Gasteiger charge is 2.14. The Labute approximate surface area is 109 Å². The molecule has 0 saturated heterocycles. The second kappa shape index (κ2) is 3.98. The van der Waals surface area contributed by atoms with Crippen LogP contribution in [0.4, 0.5) is 4.39 Å². The van der Waals surface area contributed by atoms with E-state index in [0.717, 1.165) is 22.9 Å². The molecule has 0 atom stereocenters. The van der Waals surface area contributed by atoms with Crippen LogP contribution in [-0.2, 0) is 7.05 Å². The molecule has 10 heteroatoms. The molecule has 102 valence electrons. The van der Waals surface area contributed by atoms with Gasteiger partial charge in [0.2, 0.25) is 0 Å². The van der Waals surface area contributed by atoms with E-state index in [-0.39, 0.29) is 16.7 Å². The van der Waals surface area contributed by atoms with E-state index < -0.39 is 17.1 Å². The van der Waals surface area contributed by atoms with Gasteiger partial charge in [0, 0.05) is 13.1 Å². The SMILES string of the molecule is Cn1c(=O)cnn(-c2cc3c(cc2F)nnn3O)c1=O. The van der Waals surface area contributed by atoms with Gasteiger partial charge in [-0.25, -0.2) is 9.18 Å². The van der Waals surface area contributed by atoms with Crippen molar-refractivity contribution in [2.24, 2.45) is 7.05 Å². The predicted molar refractivity (Wildman–Crippen MR) is 63.3 cm³/mol. The Bertz CT molecular complexity index is 940. The van der Waals surface area contributed by atoms with Crippen LogP contribution in [0, 0.1) is 5.82 Å². The topological polar surface area (TPSA) is 108 Å². The van der Waals surface area contributed by atoms with Crippen molar-refractivity contribution in [2.75, 3.05) is 0 Å². The van der Waals surface area contributed by atoms with Gasteiger partial charge in [-0.1, -0.05) is 4.85 Å². The summed E-state index contributed by atoms with van der Waals surface area (Å²) in [5.41, 5.74) is -1.43. The molecule has 3 aromatic rings. The van der Waals surface area contributed by atoms with E-state index in [0.29, 0.717) is 9.53 Å². The van der Waals surface area contributed by atoms with E-state index in [2.05, 4.69) is 15.4 Å². The molecule has 0 radical (unpaired) electrons. The molecule has 0 unspecified atom stereocenters. The van der Waals surface area contributed by atoms with Crippen molar-refractivity contribution >= 4 is 11.0 Å². The summed E-state index contributed by atoms with van der Waals surface area (Å²) >= 11 is 0. The maximum atomic E-state index is 14.0. The molecule has 0 fully saturated rings. The quantitative estimate of drug-likeness (QED) is 0.575. The van der Waals surface area contributed by atoms with Crippen LogP contribution < -0.4 is 11.2 Å². The zero-order valence-electron chi connectivity index (χ0n) is 10.1. The first-order chi connectivity index (χ1) is 9.49. The summed E-state index contributed by atoms with van der Waals surface area (Å²) in [6.45, 7) is 0. The van der Waals surface area contributed by atoms with Crippen LogP contribution in [0.15, 0.2) is 27.9 Å². The lowest BCUT2D eigenvalue weighted by atomic mass is 10.2. The van der Waals surface area contributed by atoms with Crippen molar-refractivity contribution in [1.29, 1.82) is 0 Å². The zero-order valence-corrected chi connectivity index (χ0v) is 10.1. The van der Waals surface area contributed by atoms with E-state index in [9.17, 15) is 19.2 Å². The fourth-order valence-corrected chi connectivity index (χ4v) is 1.73. The smallest absolute Gasteiger partial charge is 0.352 e. The number of halogens is 1. The Morgan fingerprint density at radius 2 is 2.05 bits per heavy atom. The number of fused-ring (bicyclic) bond motifs is 1. The maximum absolute atomic E-state index is 14.0. The molecular weight excluding hydrogens is 271 g/mol. The van der Waals surface area contributed by atoms with E-state index in [1.54, 1.807) is 0 Å². The molecule has 0 aliphatic carbocycles. The van der Waals surface area contributed by atoms with Gasteiger partial charge < -0.3 is 5.21 Å². The molecule has 20 heavy (non-hydrogen) atoms. The monoisotopic (exact) mass is 278 g/mol.